The van der Waals surface area contributed by atoms with Gasteiger partial charge >= 0.3 is 6.03 Å². The van der Waals surface area contributed by atoms with Crippen LogP contribution in [0, 0.1) is 29.3 Å². The van der Waals surface area contributed by atoms with Gasteiger partial charge in [-0.1, -0.05) is 18.2 Å². The molecule has 192 valence electrons. The Kier molecular flexibility index (Phi) is 6.57. The molecule has 1 saturated heterocycles. The normalized spacial score (nSPS) is 18.5. The smallest absolute Gasteiger partial charge is 0.318 e. The van der Waals surface area contributed by atoms with Crippen molar-refractivity contribution in [3.8, 4) is 16.9 Å². The number of carbonyl (C=O) groups excluding carboxylic acids is 1. The standard InChI is InChI=1S/C27H22F5N3O2/c1-37-19-11-23(29)21(24(30)12-19)13-33-27(36)35-17-3-4-18(35)7-15(6-17)14-2-5-20(22(28)8-14)16-9-25(31)34-26(32)10-16/h2,5-6,8-12,17-18H,3-4,7,13H2,1H3,(H,33,36). The second kappa shape index (κ2) is 9.84. The van der Waals surface area contributed by atoms with Gasteiger partial charge in [-0.3, -0.25) is 0 Å². The quantitative estimate of drug-likeness (QED) is 0.336. The molecule has 2 bridgehead atoms. The summed E-state index contributed by atoms with van der Waals surface area (Å²) in [5, 5.41) is 2.60. The molecule has 10 heteroatoms. The molecule has 5 rings (SSSR count). The molecule has 0 saturated carbocycles. The lowest BCUT2D eigenvalue weighted by Crippen LogP contribution is -2.48. The molecule has 37 heavy (non-hydrogen) atoms. The highest BCUT2D eigenvalue weighted by molar-refractivity contribution is 5.79. The molecule has 3 aromatic rings. The van der Waals surface area contributed by atoms with Gasteiger partial charge in [0.2, 0.25) is 11.9 Å². The van der Waals surface area contributed by atoms with Crippen LogP contribution in [0.2, 0.25) is 0 Å². The predicted octanol–water partition coefficient (Wildman–Crippen LogP) is 5.98. The summed E-state index contributed by atoms with van der Waals surface area (Å²) in [7, 11) is 1.30. The number of ether oxygens (including phenoxy) is 1. The van der Waals surface area contributed by atoms with Crippen LogP contribution in [0.25, 0.3) is 16.7 Å². The van der Waals surface area contributed by atoms with Crippen LogP contribution >= 0.6 is 0 Å². The molecule has 2 aromatic carbocycles. The molecule has 2 aliphatic heterocycles. The van der Waals surface area contributed by atoms with Crippen LogP contribution in [-0.4, -0.2) is 35.1 Å². The van der Waals surface area contributed by atoms with Crippen LogP contribution in [0.4, 0.5) is 26.7 Å². The van der Waals surface area contributed by atoms with Crippen molar-refractivity contribution in [3.63, 3.8) is 0 Å². The number of amides is 2. The summed E-state index contributed by atoms with van der Waals surface area (Å²) < 4.78 is 75.2. The van der Waals surface area contributed by atoms with Crippen molar-refractivity contribution in [2.75, 3.05) is 7.11 Å². The first kappa shape index (κ1) is 24.7. The highest BCUT2D eigenvalue weighted by Gasteiger charge is 2.39. The number of benzene rings is 2. The number of nitrogens with one attached hydrogen (secondary N) is 1. The SMILES string of the molecule is COc1cc(F)c(CNC(=O)N2C3C=C(c4ccc(-c5cc(F)nc(F)c5)c(F)c4)CC2CC3)c(F)c1. The Labute approximate surface area is 209 Å². The third-order valence-corrected chi connectivity index (χ3v) is 6.81. The van der Waals surface area contributed by atoms with Gasteiger partial charge in [0.15, 0.2) is 0 Å². The van der Waals surface area contributed by atoms with Crippen molar-refractivity contribution in [1.29, 1.82) is 0 Å². The lowest BCUT2D eigenvalue weighted by molar-refractivity contribution is 0.179. The fraction of sp³-hybridized carbons (Fsp3) is 0.259. The number of urea groups is 1. The van der Waals surface area contributed by atoms with E-state index < -0.39 is 35.4 Å². The van der Waals surface area contributed by atoms with Crippen LogP contribution in [0.5, 0.6) is 5.75 Å². The van der Waals surface area contributed by atoms with Crippen LogP contribution in [0.3, 0.4) is 0 Å². The first-order valence-corrected chi connectivity index (χ1v) is 11.7. The Morgan fingerprint density at radius 1 is 0.973 bits per heavy atom. The van der Waals surface area contributed by atoms with E-state index in [2.05, 4.69) is 10.3 Å². The number of aromatic nitrogens is 1. The van der Waals surface area contributed by atoms with Gasteiger partial charge < -0.3 is 15.0 Å². The molecule has 2 unspecified atom stereocenters. The number of fused-ring (bicyclic) bond motifs is 2. The maximum atomic E-state index is 14.9. The number of nitrogens with zero attached hydrogens (tertiary/aromatic N) is 2. The van der Waals surface area contributed by atoms with Crippen molar-refractivity contribution >= 4 is 11.6 Å². The lowest BCUT2D eigenvalue weighted by Gasteiger charge is -2.34. The Morgan fingerprint density at radius 2 is 1.68 bits per heavy atom. The topological polar surface area (TPSA) is 54.5 Å². The second-order valence-electron chi connectivity index (χ2n) is 9.03. The van der Waals surface area contributed by atoms with Gasteiger partial charge in [0.25, 0.3) is 0 Å². The van der Waals surface area contributed by atoms with Gasteiger partial charge in [-0.05, 0) is 42.0 Å². The molecule has 2 aliphatic rings. The molecular formula is C27H22F5N3O2. The summed E-state index contributed by atoms with van der Waals surface area (Å²) in [6, 6.07) is 7.59. The van der Waals surface area contributed by atoms with Crippen LogP contribution in [-0.2, 0) is 6.54 Å². The number of hydrogen-bond acceptors (Lipinski definition) is 3. The third-order valence-electron chi connectivity index (χ3n) is 6.81. The zero-order valence-corrected chi connectivity index (χ0v) is 19.7. The number of methoxy groups -OCH3 is 1. The average Bonchev–Trinajstić information content (AvgIpc) is 3.11. The zero-order valence-electron chi connectivity index (χ0n) is 19.7. The maximum Gasteiger partial charge on any atom is 0.318 e. The molecular weight excluding hydrogens is 493 g/mol. The van der Waals surface area contributed by atoms with Gasteiger partial charge in [0.05, 0.1) is 19.7 Å². The van der Waals surface area contributed by atoms with Gasteiger partial charge in [-0.15, -0.1) is 0 Å². The summed E-state index contributed by atoms with van der Waals surface area (Å²) in [4.78, 5) is 17.6. The van der Waals surface area contributed by atoms with E-state index in [0.29, 0.717) is 18.4 Å². The van der Waals surface area contributed by atoms with E-state index in [-0.39, 0.29) is 41.1 Å². The molecule has 2 amide bonds. The summed E-state index contributed by atoms with van der Waals surface area (Å²) in [5.41, 5.74) is 1.28. The second-order valence-corrected chi connectivity index (χ2v) is 9.03. The average molecular weight is 515 g/mol. The van der Waals surface area contributed by atoms with Crippen LogP contribution in [0.15, 0.2) is 48.5 Å². The Morgan fingerprint density at radius 3 is 2.30 bits per heavy atom. The van der Waals surface area contributed by atoms with Gasteiger partial charge in [0.1, 0.15) is 23.2 Å². The van der Waals surface area contributed by atoms with E-state index in [9.17, 15) is 26.7 Å². The minimum atomic E-state index is -1.04. The van der Waals surface area contributed by atoms with E-state index in [1.165, 1.54) is 19.2 Å². The van der Waals surface area contributed by atoms with Crippen LogP contribution < -0.4 is 10.1 Å². The first-order valence-electron chi connectivity index (χ1n) is 11.7. The zero-order chi connectivity index (χ0) is 26.3. The Hall–Kier alpha value is -3.95. The Balaban J connectivity index is 1.31. The summed E-state index contributed by atoms with van der Waals surface area (Å²) in [6.07, 6.45) is 3.77. The molecule has 3 heterocycles. The van der Waals surface area contributed by atoms with Crippen LogP contribution in [0.1, 0.15) is 30.4 Å². The molecule has 1 N–H and O–H groups in total. The number of carbonyl (C=O) groups is 1. The lowest BCUT2D eigenvalue weighted by atomic mass is 9.93. The van der Waals surface area contributed by atoms with Crippen molar-refractivity contribution in [3.05, 3.63) is 89.0 Å². The molecule has 1 aromatic heterocycles. The molecule has 1 fully saturated rings. The van der Waals surface area contributed by atoms with E-state index in [1.807, 2.05) is 6.08 Å². The van der Waals surface area contributed by atoms with Crippen molar-refractivity contribution < 1.29 is 31.5 Å². The van der Waals surface area contributed by atoms with Gasteiger partial charge in [0, 0.05) is 41.4 Å². The highest BCUT2D eigenvalue weighted by Crippen LogP contribution is 2.39. The monoisotopic (exact) mass is 515 g/mol. The van der Waals surface area contributed by atoms with Gasteiger partial charge in [-0.2, -0.15) is 13.8 Å². The highest BCUT2D eigenvalue weighted by atomic mass is 19.2. The number of halogens is 5. The van der Waals surface area contributed by atoms with E-state index in [4.69, 9.17) is 4.74 Å². The summed E-state index contributed by atoms with van der Waals surface area (Å²) >= 11 is 0. The fourth-order valence-electron chi connectivity index (χ4n) is 5.05. The molecule has 0 radical (unpaired) electrons. The minimum Gasteiger partial charge on any atom is -0.497 e. The fourth-order valence-corrected chi connectivity index (χ4v) is 5.05. The number of hydrogen-bond donors (Lipinski definition) is 1. The predicted molar refractivity (Wildman–Crippen MR) is 126 cm³/mol. The first-order chi connectivity index (χ1) is 17.7. The van der Waals surface area contributed by atoms with Crippen molar-refractivity contribution in [1.82, 2.24) is 15.2 Å². The minimum absolute atomic E-state index is 0.0410. The molecule has 5 nitrogen and oxygen atoms in total. The molecule has 0 spiro atoms. The van der Waals surface area contributed by atoms with Crippen molar-refractivity contribution in [2.45, 2.75) is 37.9 Å². The van der Waals surface area contributed by atoms with E-state index >= 15 is 0 Å². The maximum absolute atomic E-state index is 14.9. The van der Waals surface area contributed by atoms with E-state index in [0.717, 1.165) is 36.3 Å². The van der Waals surface area contributed by atoms with E-state index in [1.54, 1.807) is 11.0 Å². The Bertz CT molecular complexity index is 1370. The molecule has 0 aliphatic carbocycles. The summed E-state index contributed by atoms with van der Waals surface area (Å²) in [5.74, 6) is -4.31. The largest absolute Gasteiger partial charge is 0.497 e. The third kappa shape index (κ3) is 4.87. The summed E-state index contributed by atoms with van der Waals surface area (Å²) in [6.45, 7) is -0.324. The van der Waals surface area contributed by atoms with Crippen molar-refractivity contribution in [2.24, 2.45) is 0 Å². The number of pyridine rings is 1. The number of rotatable bonds is 5. The van der Waals surface area contributed by atoms with Gasteiger partial charge in [-0.25, -0.2) is 18.0 Å². The molecule has 2 atom stereocenters.